The van der Waals surface area contributed by atoms with Crippen LogP contribution in [-0.4, -0.2) is 71.4 Å². The van der Waals surface area contributed by atoms with E-state index in [-0.39, 0.29) is 17.9 Å². The summed E-state index contributed by atoms with van der Waals surface area (Å²) in [6, 6.07) is 7.08. The van der Waals surface area contributed by atoms with Crippen molar-refractivity contribution in [1.82, 2.24) is 14.7 Å². The normalized spacial score (nSPS) is 26.4. The van der Waals surface area contributed by atoms with Crippen molar-refractivity contribution in [2.75, 3.05) is 32.7 Å². The number of ether oxygens (including phenoxy) is 1. The van der Waals surface area contributed by atoms with Crippen LogP contribution in [0.15, 0.2) is 18.2 Å². The van der Waals surface area contributed by atoms with Crippen molar-refractivity contribution in [3.8, 4) is 5.75 Å². The number of benzene rings is 1. The van der Waals surface area contributed by atoms with E-state index >= 15 is 0 Å². The molecule has 1 aromatic carbocycles. The zero-order valence-corrected chi connectivity index (χ0v) is 24.2. The van der Waals surface area contributed by atoms with Crippen LogP contribution in [0.1, 0.15) is 96.6 Å². The van der Waals surface area contributed by atoms with E-state index < -0.39 is 5.41 Å². The highest BCUT2D eigenvalue weighted by Crippen LogP contribution is 2.45. The van der Waals surface area contributed by atoms with Gasteiger partial charge in [-0.3, -0.25) is 9.59 Å². The highest BCUT2D eigenvalue weighted by Gasteiger charge is 2.49. The number of hydrogen-bond donors (Lipinski definition) is 0. The average Bonchev–Trinajstić information content (AvgIpc) is 2.91. The predicted octanol–water partition coefficient (Wildman–Crippen LogP) is 5.38. The molecule has 3 aliphatic heterocycles. The first-order chi connectivity index (χ1) is 18.3. The number of amides is 2. The molecule has 3 fully saturated rings. The van der Waals surface area contributed by atoms with Crippen LogP contribution in [0.4, 0.5) is 0 Å². The molecule has 4 aliphatic rings. The summed E-state index contributed by atoms with van der Waals surface area (Å²) in [4.78, 5) is 33.4. The van der Waals surface area contributed by atoms with E-state index in [1.165, 1.54) is 36.8 Å². The molecule has 5 rings (SSSR count). The molecular weight excluding hydrogens is 474 g/mol. The molecule has 1 aromatic rings. The third-order valence-corrected chi connectivity index (χ3v) is 9.94. The maximum atomic E-state index is 14.3. The molecule has 210 valence electrons. The second-order valence-corrected chi connectivity index (χ2v) is 13.0. The zero-order chi connectivity index (χ0) is 26.9. The summed E-state index contributed by atoms with van der Waals surface area (Å²) < 4.78 is 6.04. The smallest absolute Gasteiger partial charge is 0.233 e. The molecular formula is C32H49N3O3. The van der Waals surface area contributed by atoms with E-state index in [4.69, 9.17) is 4.74 Å². The van der Waals surface area contributed by atoms with Crippen molar-refractivity contribution in [2.24, 2.45) is 11.8 Å². The van der Waals surface area contributed by atoms with Crippen LogP contribution in [0.3, 0.4) is 0 Å². The molecule has 6 heteroatoms. The summed E-state index contributed by atoms with van der Waals surface area (Å²) in [5, 5.41) is 0. The van der Waals surface area contributed by atoms with Gasteiger partial charge in [0.2, 0.25) is 11.8 Å². The summed E-state index contributed by atoms with van der Waals surface area (Å²) in [5.41, 5.74) is 1.98. The first kappa shape index (κ1) is 27.5. The predicted molar refractivity (Wildman–Crippen MR) is 151 cm³/mol. The number of carbonyl (C=O) groups excluding carboxylic acids is 2. The lowest BCUT2D eigenvalue weighted by molar-refractivity contribution is -0.144. The maximum absolute atomic E-state index is 14.3. The zero-order valence-electron chi connectivity index (χ0n) is 24.2. The Hall–Kier alpha value is -2.08. The molecule has 3 heterocycles. The molecule has 0 N–H and O–H groups in total. The molecule has 1 spiro atoms. The number of fused-ring (bicyclic) bond motifs is 2. The van der Waals surface area contributed by atoms with E-state index in [9.17, 15) is 9.59 Å². The van der Waals surface area contributed by atoms with Crippen molar-refractivity contribution >= 4 is 11.8 Å². The van der Waals surface area contributed by atoms with Crippen molar-refractivity contribution in [3.05, 3.63) is 29.3 Å². The standard InChI is InChI=1S/C32H49N3O3/c1-23(2)25-8-10-27(11-9-25)33-17-14-32(15-18-33)29-13-12-28(38-24(3)4)21-26(29)22-35(31(32)37)20-19-34-16-6-5-7-30(34)36/h12-13,21,23-25,27H,5-11,14-20,22H2,1-4H3/t25-,27+. The van der Waals surface area contributed by atoms with Gasteiger partial charge in [0, 0.05) is 38.6 Å². The van der Waals surface area contributed by atoms with Gasteiger partial charge in [0.25, 0.3) is 0 Å². The number of carbonyl (C=O) groups is 2. The van der Waals surface area contributed by atoms with Crippen LogP contribution < -0.4 is 4.74 Å². The van der Waals surface area contributed by atoms with E-state index in [1.807, 2.05) is 9.80 Å². The molecule has 38 heavy (non-hydrogen) atoms. The van der Waals surface area contributed by atoms with Gasteiger partial charge in [-0.1, -0.05) is 19.9 Å². The van der Waals surface area contributed by atoms with Gasteiger partial charge >= 0.3 is 0 Å². The molecule has 2 amide bonds. The first-order valence-electron chi connectivity index (χ1n) is 15.4. The number of hydrogen-bond acceptors (Lipinski definition) is 4. The molecule has 0 aromatic heterocycles. The van der Waals surface area contributed by atoms with Crippen LogP contribution >= 0.6 is 0 Å². The van der Waals surface area contributed by atoms with Crippen LogP contribution in [0, 0.1) is 11.8 Å². The average molecular weight is 524 g/mol. The van der Waals surface area contributed by atoms with Gasteiger partial charge in [0.05, 0.1) is 11.5 Å². The van der Waals surface area contributed by atoms with Gasteiger partial charge in [0.1, 0.15) is 5.75 Å². The summed E-state index contributed by atoms with van der Waals surface area (Å²) in [6.45, 7) is 13.5. The summed E-state index contributed by atoms with van der Waals surface area (Å²) in [5.74, 6) is 3.05. The maximum Gasteiger partial charge on any atom is 0.233 e. The molecule has 0 unspecified atom stereocenters. The molecule has 2 saturated heterocycles. The lowest BCUT2D eigenvalue weighted by atomic mass is 9.67. The van der Waals surface area contributed by atoms with Gasteiger partial charge in [-0.2, -0.15) is 0 Å². The fourth-order valence-electron chi connectivity index (χ4n) is 7.62. The van der Waals surface area contributed by atoms with Gasteiger partial charge in [-0.15, -0.1) is 0 Å². The molecule has 0 bridgehead atoms. The quantitative estimate of drug-likeness (QED) is 0.482. The number of nitrogens with zero attached hydrogens (tertiary/aromatic N) is 3. The van der Waals surface area contributed by atoms with Crippen molar-refractivity contribution in [2.45, 2.75) is 110 Å². The molecule has 0 atom stereocenters. The Labute approximate surface area is 230 Å². The minimum Gasteiger partial charge on any atom is -0.491 e. The summed E-state index contributed by atoms with van der Waals surface area (Å²) >= 11 is 0. The van der Waals surface area contributed by atoms with Gasteiger partial charge in [0.15, 0.2) is 0 Å². The Morgan fingerprint density at radius 1 is 0.921 bits per heavy atom. The Kier molecular flexibility index (Phi) is 8.37. The van der Waals surface area contributed by atoms with E-state index in [2.05, 4.69) is 50.8 Å². The number of piperidine rings is 2. The number of rotatable bonds is 7. The van der Waals surface area contributed by atoms with Gasteiger partial charge in [-0.25, -0.2) is 0 Å². The molecule has 0 radical (unpaired) electrons. The lowest BCUT2D eigenvalue weighted by Gasteiger charge is -2.50. The van der Waals surface area contributed by atoms with E-state index in [0.29, 0.717) is 32.1 Å². The molecule has 1 saturated carbocycles. The number of likely N-dealkylation sites (tertiary alicyclic amines) is 2. The SMILES string of the molecule is CC(C)Oc1ccc2c(c1)CN(CCN1CCCCC1=O)C(=O)C21CCN([C@H]2CC[C@@H](C(C)C)CC2)CC1. The Morgan fingerprint density at radius 2 is 1.63 bits per heavy atom. The van der Waals surface area contributed by atoms with Gasteiger partial charge in [-0.05, 0) is 113 Å². The van der Waals surface area contributed by atoms with E-state index in [1.54, 1.807) is 0 Å². The van der Waals surface area contributed by atoms with Crippen LogP contribution in [0.25, 0.3) is 0 Å². The highest BCUT2D eigenvalue weighted by molar-refractivity contribution is 5.90. The van der Waals surface area contributed by atoms with E-state index in [0.717, 1.165) is 62.9 Å². The summed E-state index contributed by atoms with van der Waals surface area (Å²) in [7, 11) is 0. The monoisotopic (exact) mass is 523 g/mol. The van der Waals surface area contributed by atoms with Crippen molar-refractivity contribution in [1.29, 1.82) is 0 Å². The lowest BCUT2D eigenvalue weighted by Crippen LogP contribution is -2.58. The van der Waals surface area contributed by atoms with Crippen LogP contribution in [0.5, 0.6) is 5.75 Å². The second kappa shape index (κ2) is 11.6. The molecule has 1 aliphatic carbocycles. The highest BCUT2D eigenvalue weighted by atomic mass is 16.5. The fourth-order valence-corrected chi connectivity index (χ4v) is 7.62. The van der Waals surface area contributed by atoms with Crippen LogP contribution in [-0.2, 0) is 21.5 Å². The third-order valence-electron chi connectivity index (χ3n) is 9.94. The largest absolute Gasteiger partial charge is 0.491 e. The summed E-state index contributed by atoms with van der Waals surface area (Å²) in [6.07, 6.45) is 9.85. The minimum absolute atomic E-state index is 0.113. The Morgan fingerprint density at radius 3 is 2.29 bits per heavy atom. The Bertz CT molecular complexity index is 990. The van der Waals surface area contributed by atoms with Crippen molar-refractivity contribution in [3.63, 3.8) is 0 Å². The second-order valence-electron chi connectivity index (χ2n) is 13.0. The third kappa shape index (κ3) is 5.61. The van der Waals surface area contributed by atoms with Crippen molar-refractivity contribution < 1.29 is 14.3 Å². The molecule has 6 nitrogen and oxygen atoms in total. The topological polar surface area (TPSA) is 53.1 Å². The fraction of sp³-hybridized carbons (Fsp3) is 0.750. The first-order valence-corrected chi connectivity index (χ1v) is 15.4. The van der Waals surface area contributed by atoms with Gasteiger partial charge < -0.3 is 19.4 Å². The minimum atomic E-state index is -0.457. The Balaban J connectivity index is 1.33. The van der Waals surface area contributed by atoms with Crippen LogP contribution in [0.2, 0.25) is 0 Å².